The molecule has 82 valence electrons. The van der Waals surface area contributed by atoms with Crippen LogP contribution in [0, 0.1) is 0 Å². The lowest BCUT2D eigenvalue weighted by molar-refractivity contribution is 0.315. The summed E-state index contributed by atoms with van der Waals surface area (Å²) in [6.45, 7) is 2.24. The molecule has 1 aliphatic heterocycles. The third-order valence-electron chi connectivity index (χ3n) is 3.13. The van der Waals surface area contributed by atoms with E-state index in [9.17, 15) is 0 Å². The Bertz CT molecular complexity index is 335. The number of benzene rings is 1. The van der Waals surface area contributed by atoms with Gasteiger partial charge in [-0.2, -0.15) is 0 Å². The molecular formula is C12H19N3. The predicted molar refractivity (Wildman–Crippen MR) is 65.2 cm³/mol. The van der Waals surface area contributed by atoms with Gasteiger partial charge in [0.25, 0.3) is 0 Å². The van der Waals surface area contributed by atoms with Gasteiger partial charge in [0, 0.05) is 30.5 Å². The molecule has 1 aliphatic rings. The third kappa shape index (κ3) is 2.23. The summed E-state index contributed by atoms with van der Waals surface area (Å²) in [6, 6.07) is 8.81. The normalized spacial score (nSPS) is 21.3. The fourth-order valence-electron chi connectivity index (χ4n) is 2.12. The van der Waals surface area contributed by atoms with Gasteiger partial charge in [-0.25, -0.2) is 0 Å². The first-order chi connectivity index (χ1) is 7.16. The quantitative estimate of drug-likeness (QED) is 0.741. The van der Waals surface area contributed by atoms with E-state index in [0.717, 1.165) is 18.8 Å². The van der Waals surface area contributed by atoms with Crippen LogP contribution in [0.4, 0.5) is 11.4 Å². The molecule has 0 amide bonds. The number of likely N-dealkylation sites (N-methyl/N-ethyl adjacent to an activating group) is 1. The zero-order valence-electron chi connectivity index (χ0n) is 9.48. The van der Waals surface area contributed by atoms with E-state index in [0.29, 0.717) is 6.04 Å². The molecule has 0 saturated carbocycles. The monoisotopic (exact) mass is 205 g/mol. The number of nitrogens with zero attached hydrogens (tertiary/aromatic N) is 2. The maximum atomic E-state index is 5.78. The van der Waals surface area contributed by atoms with E-state index in [-0.39, 0.29) is 0 Å². The first-order valence-electron chi connectivity index (χ1n) is 5.44. The lowest BCUT2D eigenvalue weighted by Gasteiger charge is -2.22. The minimum absolute atomic E-state index is 0.673. The zero-order chi connectivity index (χ0) is 10.8. The average molecular weight is 205 g/mol. The van der Waals surface area contributed by atoms with Gasteiger partial charge in [0.05, 0.1) is 0 Å². The highest BCUT2D eigenvalue weighted by Gasteiger charge is 2.23. The minimum atomic E-state index is 0.673. The summed E-state index contributed by atoms with van der Waals surface area (Å²) in [5.41, 5.74) is 7.88. The number of hydrogen-bond donors (Lipinski definition) is 1. The molecule has 0 spiro atoms. The second-order valence-corrected chi connectivity index (χ2v) is 4.45. The summed E-state index contributed by atoms with van der Waals surface area (Å²) in [5.74, 6) is 0. The fourth-order valence-corrected chi connectivity index (χ4v) is 2.12. The van der Waals surface area contributed by atoms with Gasteiger partial charge in [-0.15, -0.1) is 0 Å². The summed E-state index contributed by atoms with van der Waals surface area (Å²) in [4.78, 5) is 4.70. The molecule has 1 heterocycles. The van der Waals surface area contributed by atoms with Crippen LogP contribution in [0.5, 0.6) is 0 Å². The molecular weight excluding hydrogens is 186 g/mol. The Hall–Kier alpha value is -1.22. The van der Waals surface area contributed by atoms with Gasteiger partial charge in [-0.3, -0.25) is 0 Å². The van der Waals surface area contributed by atoms with Crippen LogP contribution < -0.4 is 10.6 Å². The van der Waals surface area contributed by atoms with Crippen LogP contribution in [0.15, 0.2) is 24.3 Å². The number of nitrogens with two attached hydrogens (primary N) is 1. The summed E-state index contributed by atoms with van der Waals surface area (Å²) in [7, 11) is 4.29. The molecule has 0 aliphatic carbocycles. The molecule has 0 aromatic heterocycles. The fraction of sp³-hybridized carbons (Fsp3) is 0.500. The van der Waals surface area contributed by atoms with E-state index < -0.39 is 0 Å². The number of anilines is 2. The maximum absolute atomic E-state index is 5.78. The highest BCUT2D eigenvalue weighted by molar-refractivity contribution is 5.56. The first kappa shape index (κ1) is 10.3. The molecule has 1 atom stereocenters. The Morgan fingerprint density at radius 2 is 2.20 bits per heavy atom. The van der Waals surface area contributed by atoms with Crippen molar-refractivity contribution >= 4 is 11.4 Å². The highest BCUT2D eigenvalue weighted by atomic mass is 15.2. The molecule has 2 rings (SSSR count). The summed E-state index contributed by atoms with van der Waals surface area (Å²) in [5, 5.41) is 0. The van der Waals surface area contributed by atoms with Crippen LogP contribution in [0.2, 0.25) is 0 Å². The topological polar surface area (TPSA) is 32.5 Å². The second-order valence-electron chi connectivity index (χ2n) is 4.45. The van der Waals surface area contributed by atoms with Crippen LogP contribution >= 0.6 is 0 Å². The average Bonchev–Trinajstić information content (AvgIpc) is 2.66. The van der Waals surface area contributed by atoms with Crippen molar-refractivity contribution in [3.05, 3.63) is 24.3 Å². The van der Waals surface area contributed by atoms with Crippen molar-refractivity contribution in [3.63, 3.8) is 0 Å². The Kier molecular flexibility index (Phi) is 2.82. The van der Waals surface area contributed by atoms with Gasteiger partial charge in [0.15, 0.2) is 0 Å². The molecule has 0 bridgehead atoms. The van der Waals surface area contributed by atoms with Gasteiger partial charge in [-0.1, -0.05) is 6.07 Å². The lowest BCUT2D eigenvalue weighted by atomic mass is 10.2. The summed E-state index contributed by atoms with van der Waals surface area (Å²) >= 11 is 0. The number of rotatable bonds is 2. The molecule has 15 heavy (non-hydrogen) atoms. The number of nitrogen functional groups attached to an aromatic ring is 1. The summed E-state index contributed by atoms with van der Waals surface area (Å²) < 4.78 is 0. The molecule has 1 saturated heterocycles. The Labute approximate surface area is 91.5 Å². The molecule has 0 radical (unpaired) electrons. The van der Waals surface area contributed by atoms with Crippen molar-refractivity contribution in [3.8, 4) is 0 Å². The van der Waals surface area contributed by atoms with E-state index in [4.69, 9.17) is 5.73 Å². The smallest absolute Gasteiger partial charge is 0.0387 e. The molecule has 3 nitrogen and oxygen atoms in total. The molecule has 1 aromatic rings. The van der Waals surface area contributed by atoms with Crippen LogP contribution in [0.3, 0.4) is 0 Å². The van der Waals surface area contributed by atoms with Crippen molar-refractivity contribution in [1.82, 2.24) is 4.90 Å². The molecule has 1 aromatic carbocycles. The molecule has 1 fully saturated rings. The van der Waals surface area contributed by atoms with Gasteiger partial charge in [0.1, 0.15) is 0 Å². The van der Waals surface area contributed by atoms with Crippen LogP contribution in [0.25, 0.3) is 0 Å². The van der Waals surface area contributed by atoms with Crippen LogP contribution in [-0.2, 0) is 0 Å². The standard InChI is InChI=1S/C12H19N3/c1-14(2)12-6-7-15(9-12)11-5-3-4-10(13)8-11/h3-5,8,12H,6-7,9,13H2,1-2H3. The Morgan fingerprint density at radius 3 is 2.80 bits per heavy atom. The van der Waals surface area contributed by atoms with Gasteiger partial charge < -0.3 is 15.5 Å². The predicted octanol–water partition coefficient (Wildman–Crippen LogP) is 1.41. The second kappa shape index (κ2) is 4.11. The summed E-state index contributed by atoms with van der Waals surface area (Å²) in [6.07, 6.45) is 1.24. The van der Waals surface area contributed by atoms with Gasteiger partial charge in [-0.05, 0) is 38.7 Å². The first-order valence-corrected chi connectivity index (χ1v) is 5.44. The number of hydrogen-bond acceptors (Lipinski definition) is 3. The Balaban J connectivity index is 2.08. The lowest BCUT2D eigenvalue weighted by Crippen LogP contribution is -2.31. The van der Waals surface area contributed by atoms with Crippen molar-refractivity contribution < 1.29 is 0 Å². The Morgan fingerprint density at radius 1 is 1.40 bits per heavy atom. The van der Waals surface area contributed by atoms with E-state index in [2.05, 4.69) is 36.0 Å². The largest absolute Gasteiger partial charge is 0.399 e. The maximum Gasteiger partial charge on any atom is 0.0387 e. The zero-order valence-corrected chi connectivity index (χ0v) is 9.48. The van der Waals surface area contributed by atoms with Gasteiger partial charge >= 0.3 is 0 Å². The molecule has 3 heteroatoms. The van der Waals surface area contributed by atoms with Crippen molar-refractivity contribution in [2.75, 3.05) is 37.8 Å². The van der Waals surface area contributed by atoms with E-state index >= 15 is 0 Å². The van der Waals surface area contributed by atoms with Crippen molar-refractivity contribution in [1.29, 1.82) is 0 Å². The molecule has 1 unspecified atom stereocenters. The molecule has 2 N–H and O–H groups in total. The highest BCUT2D eigenvalue weighted by Crippen LogP contribution is 2.23. The minimum Gasteiger partial charge on any atom is -0.399 e. The SMILES string of the molecule is CN(C)C1CCN(c2cccc(N)c2)C1. The van der Waals surface area contributed by atoms with E-state index in [1.54, 1.807) is 0 Å². The van der Waals surface area contributed by atoms with Crippen molar-refractivity contribution in [2.24, 2.45) is 0 Å². The van der Waals surface area contributed by atoms with Crippen LogP contribution in [-0.4, -0.2) is 38.1 Å². The van der Waals surface area contributed by atoms with E-state index in [1.807, 2.05) is 12.1 Å². The van der Waals surface area contributed by atoms with Crippen LogP contribution in [0.1, 0.15) is 6.42 Å². The van der Waals surface area contributed by atoms with Gasteiger partial charge in [0.2, 0.25) is 0 Å². The third-order valence-corrected chi connectivity index (χ3v) is 3.13. The van der Waals surface area contributed by atoms with E-state index in [1.165, 1.54) is 12.1 Å². The van der Waals surface area contributed by atoms with Crippen molar-refractivity contribution in [2.45, 2.75) is 12.5 Å².